The van der Waals surface area contributed by atoms with Gasteiger partial charge in [-0.3, -0.25) is 9.78 Å². The molecular weight excluding hydrogens is 226 g/mol. The minimum atomic E-state index is 0.119. The molecule has 1 aliphatic carbocycles. The predicted octanol–water partition coefficient (Wildman–Crippen LogP) is 1.27. The van der Waals surface area contributed by atoms with E-state index in [2.05, 4.69) is 15.6 Å². The average Bonchev–Trinajstić information content (AvgIpc) is 2.89. The Morgan fingerprint density at radius 1 is 1.39 bits per heavy atom. The number of aromatic nitrogens is 1. The number of rotatable bonds is 6. The van der Waals surface area contributed by atoms with Crippen LogP contribution in [0.3, 0.4) is 0 Å². The highest BCUT2D eigenvalue weighted by atomic mass is 16.1. The largest absolute Gasteiger partial charge is 0.352 e. The summed E-state index contributed by atoms with van der Waals surface area (Å²) in [5.41, 5.74) is 1.20. The highest BCUT2D eigenvalue weighted by molar-refractivity contribution is 5.78. The summed E-state index contributed by atoms with van der Waals surface area (Å²) < 4.78 is 0. The molecule has 1 aromatic heterocycles. The Bertz CT molecular complexity index is 361. The number of hydrogen-bond donors (Lipinski definition) is 2. The molecule has 1 amide bonds. The highest BCUT2D eigenvalue weighted by Gasteiger charge is 2.16. The van der Waals surface area contributed by atoms with Gasteiger partial charge < -0.3 is 10.6 Å². The van der Waals surface area contributed by atoms with E-state index >= 15 is 0 Å². The molecule has 4 heteroatoms. The van der Waals surface area contributed by atoms with Crippen LogP contribution in [0.4, 0.5) is 0 Å². The normalized spacial score (nSPS) is 15.8. The van der Waals surface area contributed by atoms with Gasteiger partial charge in [0, 0.05) is 18.4 Å². The maximum Gasteiger partial charge on any atom is 0.234 e. The topological polar surface area (TPSA) is 54.0 Å². The standard InChI is InChI=1S/C14H21N3O/c18-14(17-13-5-1-2-6-13)11-16-9-7-12-4-3-8-15-10-12/h3-4,8,10,13,16H,1-2,5-7,9,11H2,(H,17,18). The van der Waals surface area contributed by atoms with E-state index in [1.807, 2.05) is 18.3 Å². The summed E-state index contributed by atoms with van der Waals surface area (Å²) in [7, 11) is 0. The number of carbonyl (C=O) groups is 1. The van der Waals surface area contributed by atoms with Crippen molar-refractivity contribution < 1.29 is 4.79 Å². The molecule has 0 saturated heterocycles. The van der Waals surface area contributed by atoms with Crippen molar-refractivity contribution in [3.8, 4) is 0 Å². The Kier molecular flexibility index (Phi) is 5.15. The number of nitrogens with one attached hydrogen (secondary N) is 2. The van der Waals surface area contributed by atoms with Gasteiger partial charge in [-0.1, -0.05) is 18.9 Å². The van der Waals surface area contributed by atoms with E-state index in [0.717, 1.165) is 25.8 Å². The lowest BCUT2D eigenvalue weighted by molar-refractivity contribution is -0.120. The zero-order chi connectivity index (χ0) is 12.6. The zero-order valence-corrected chi connectivity index (χ0v) is 10.7. The smallest absolute Gasteiger partial charge is 0.234 e. The van der Waals surface area contributed by atoms with Crippen LogP contribution >= 0.6 is 0 Å². The van der Waals surface area contributed by atoms with Gasteiger partial charge in [0.2, 0.25) is 5.91 Å². The first-order valence-electron chi connectivity index (χ1n) is 6.73. The van der Waals surface area contributed by atoms with Gasteiger partial charge in [0.05, 0.1) is 6.54 Å². The summed E-state index contributed by atoms with van der Waals surface area (Å²) in [6.07, 6.45) is 9.32. The van der Waals surface area contributed by atoms with Crippen LogP contribution in [0.25, 0.3) is 0 Å². The molecule has 4 nitrogen and oxygen atoms in total. The summed E-state index contributed by atoms with van der Waals surface area (Å²) in [6.45, 7) is 1.22. The SMILES string of the molecule is O=C(CNCCc1cccnc1)NC1CCCC1. The van der Waals surface area contributed by atoms with Crippen molar-refractivity contribution in [2.75, 3.05) is 13.1 Å². The Hall–Kier alpha value is -1.42. The van der Waals surface area contributed by atoms with Crippen LogP contribution in [-0.4, -0.2) is 30.0 Å². The quantitative estimate of drug-likeness (QED) is 0.744. The van der Waals surface area contributed by atoms with Crippen molar-refractivity contribution in [3.63, 3.8) is 0 Å². The zero-order valence-electron chi connectivity index (χ0n) is 10.7. The van der Waals surface area contributed by atoms with Crippen LogP contribution in [0.5, 0.6) is 0 Å². The first-order chi connectivity index (χ1) is 8.84. The maximum atomic E-state index is 11.6. The van der Waals surface area contributed by atoms with E-state index in [1.165, 1.54) is 18.4 Å². The summed E-state index contributed by atoms with van der Waals surface area (Å²) in [5.74, 6) is 0.119. The van der Waals surface area contributed by atoms with E-state index in [9.17, 15) is 4.79 Å². The average molecular weight is 247 g/mol. The molecule has 98 valence electrons. The van der Waals surface area contributed by atoms with Gasteiger partial charge in [-0.25, -0.2) is 0 Å². The maximum absolute atomic E-state index is 11.6. The van der Waals surface area contributed by atoms with Gasteiger partial charge >= 0.3 is 0 Å². The molecule has 1 fully saturated rings. The Morgan fingerprint density at radius 3 is 2.94 bits per heavy atom. The molecule has 1 aromatic rings. The van der Waals surface area contributed by atoms with Crippen LogP contribution < -0.4 is 10.6 Å². The molecule has 0 unspecified atom stereocenters. The highest BCUT2D eigenvalue weighted by Crippen LogP contribution is 2.17. The number of amides is 1. The van der Waals surface area contributed by atoms with Crippen LogP contribution in [0.1, 0.15) is 31.2 Å². The van der Waals surface area contributed by atoms with Crippen molar-refractivity contribution >= 4 is 5.91 Å². The molecule has 1 heterocycles. The second-order valence-electron chi connectivity index (χ2n) is 4.84. The molecule has 0 radical (unpaired) electrons. The van der Waals surface area contributed by atoms with Crippen LogP contribution in [0, 0.1) is 0 Å². The van der Waals surface area contributed by atoms with Crippen molar-refractivity contribution in [2.45, 2.75) is 38.1 Å². The van der Waals surface area contributed by atoms with Gasteiger partial charge in [0.1, 0.15) is 0 Å². The minimum Gasteiger partial charge on any atom is -0.352 e. The molecule has 1 saturated carbocycles. The molecule has 0 aromatic carbocycles. The number of nitrogens with zero attached hydrogens (tertiary/aromatic N) is 1. The van der Waals surface area contributed by atoms with E-state index in [-0.39, 0.29) is 5.91 Å². The third-order valence-electron chi connectivity index (χ3n) is 3.32. The third kappa shape index (κ3) is 4.45. The lowest BCUT2D eigenvalue weighted by Gasteiger charge is -2.12. The minimum absolute atomic E-state index is 0.119. The fourth-order valence-electron chi connectivity index (χ4n) is 2.33. The number of pyridine rings is 1. The van der Waals surface area contributed by atoms with Gasteiger partial charge in [-0.05, 0) is 37.4 Å². The molecule has 0 bridgehead atoms. The molecule has 1 aliphatic rings. The second-order valence-corrected chi connectivity index (χ2v) is 4.84. The lowest BCUT2D eigenvalue weighted by atomic mass is 10.2. The van der Waals surface area contributed by atoms with E-state index in [4.69, 9.17) is 0 Å². The predicted molar refractivity (Wildman–Crippen MR) is 71.2 cm³/mol. The summed E-state index contributed by atoms with van der Waals surface area (Å²) in [4.78, 5) is 15.7. The molecule has 2 rings (SSSR count). The van der Waals surface area contributed by atoms with Crippen LogP contribution in [0.15, 0.2) is 24.5 Å². The van der Waals surface area contributed by atoms with Crippen LogP contribution in [0.2, 0.25) is 0 Å². The van der Waals surface area contributed by atoms with E-state index in [1.54, 1.807) is 6.20 Å². The van der Waals surface area contributed by atoms with Crippen molar-refractivity contribution in [1.29, 1.82) is 0 Å². The van der Waals surface area contributed by atoms with Crippen molar-refractivity contribution in [2.24, 2.45) is 0 Å². The van der Waals surface area contributed by atoms with Gasteiger partial charge in [0.25, 0.3) is 0 Å². The third-order valence-corrected chi connectivity index (χ3v) is 3.32. The van der Waals surface area contributed by atoms with Gasteiger partial charge in [-0.2, -0.15) is 0 Å². The molecule has 0 aliphatic heterocycles. The molecule has 0 atom stereocenters. The first-order valence-corrected chi connectivity index (χ1v) is 6.73. The lowest BCUT2D eigenvalue weighted by Crippen LogP contribution is -2.39. The van der Waals surface area contributed by atoms with Crippen LogP contribution in [-0.2, 0) is 11.2 Å². The Morgan fingerprint density at radius 2 is 2.22 bits per heavy atom. The van der Waals surface area contributed by atoms with Gasteiger partial charge in [0.15, 0.2) is 0 Å². The van der Waals surface area contributed by atoms with E-state index in [0.29, 0.717) is 12.6 Å². The monoisotopic (exact) mass is 247 g/mol. The molecule has 2 N–H and O–H groups in total. The molecule has 18 heavy (non-hydrogen) atoms. The van der Waals surface area contributed by atoms with Crippen molar-refractivity contribution in [1.82, 2.24) is 15.6 Å². The van der Waals surface area contributed by atoms with Gasteiger partial charge in [-0.15, -0.1) is 0 Å². The summed E-state index contributed by atoms with van der Waals surface area (Å²) in [6, 6.07) is 4.40. The first kappa shape index (κ1) is 13.0. The number of hydrogen-bond acceptors (Lipinski definition) is 3. The Balaban J connectivity index is 1.56. The molecular formula is C14H21N3O. The summed E-state index contributed by atoms with van der Waals surface area (Å²) in [5, 5.41) is 6.23. The number of carbonyl (C=O) groups excluding carboxylic acids is 1. The fourth-order valence-corrected chi connectivity index (χ4v) is 2.33. The fraction of sp³-hybridized carbons (Fsp3) is 0.571. The summed E-state index contributed by atoms with van der Waals surface area (Å²) >= 11 is 0. The second kappa shape index (κ2) is 7.11. The van der Waals surface area contributed by atoms with E-state index < -0.39 is 0 Å². The Labute approximate surface area is 108 Å². The molecule has 0 spiro atoms. The van der Waals surface area contributed by atoms with Crippen molar-refractivity contribution in [3.05, 3.63) is 30.1 Å².